The SMILES string of the molecule is CCNC(=NCc1ccnc(N(C)C)c1)NCCN1CCCCC1CC. The summed E-state index contributed by atoms with van der Waals surface area (Å²) >= 11 is 0. The lowest BCUT2D eigenvalue weighted by Gasteiger charge is -2.35. The molecule has 1 aromatic heterocycles. The summed E-state index contributed by atoms with van der Waals surface area (Å²) in [4.78, 5) is 13.7. The number of aliphatic imine (C=N–C) groups is 1. The van der Waals surface area contributed by atoms with E-state index in [0.29, 0.717) is 6.54 Å². The fraction of sp³-hybridized carbons (Fsp3) is 0.700. The summed E-state index contributed by atoms with van der Waals surface area (Å²) in [7, 11) is 4.01. The lowest BCUT2D eigenvalue weighted by atomic mass is 10.0. The maximum atomic E-state index is 4.74. The molecule has 1 atom stereocenters. The molecule has 1 fully saturated rings. The zero-order chi connectivity index (χ0) is 18.8. The number of anilines is 1. The van der Waals surface area contributed by atoms with Crippen molar-refractivity contribution in [1.29, 1.82) is 0 Å². The monoisotopic (exact) mass is 360 g/mol. The second kappa shape index (κ2) is 11.0. The molecule has 2 rings (SSSR count). The average molecular weight is 361 g/mol. The lowest BCUT2D eigenvalue weighted by molar-refractivity contribution is 0.147. The fourth-order valence-corrected chi connectivity index (χ4v) is 3.45. The predicted octanol–water partition coefficient (Wildman–Crippen LogP) is 2.47. The number of rotatable bonds is 8. The van der Waals surface area contributed by atoms with E-state index in [1.165, 1.54) is 37.8 Å². The first-order valence-corrected chi connectivity index (χ1v) is 10.0. The zero-order valence-electron chi connectivity index (χ0n) is 17.0. The van der Waals surface area contributed by atoms with Crippen molar-refractivity contribution in [3.8, 4) is 0 Å². The van der Waals surface area contributed by atoms with Crippen LogP contribution in [0.4, 0.5) is 5.82 Å². The van der Waals surface area contributed by atoms with Crippen LogP contribution >= 0.6 is 0 Å². The number of hydrogen-bond acceptors (Lipinski definition) is 4. The molecule has 1 aliphatic heterocycles. The van der Waals surface area contributed by atoms with Crippen molar-refractivity contribution in [3.05, 3.63) is 23.9 Å². The van der Waals surface area contributed by atoms with E-state index in [9.17, 15) is 0 Å². The van der Waals surface area contributed by atoms with Crippen molar-refractivity contribution >= 4 is 11.8 Å². The number of piperidine rings is 1. The van der Waals surface area contributed by atoms with Crippen molar-refractivity contribution in [2.24, 2.45) is 4.99 Å². The highest BCUT2D eigenvalue weighted by molar-refractivity contribution is 5.79. The third-order valence-corrected chi connectivity index (χ3v) is 4.94. The lowest BCUT2D eigenvalue weighted by Crippen LogP contribution is -2.45. The number of nitrogens with zero attached hydrogens (tertiary/aromatic N) is 4. The molecule has 1 saturated heterocycles. The van der Waals surface area contributed by atoms with Gasteiger partial charge in [0.2, 0.25) is 0 Å². The minimum atomic E-state index is 0.653. The summed E-state index contributed by atoms with van der Waals surface area (Å²) in [5, 5.41) is 6.84. The quantitative estimate of drug-likeness (QED) is 0.551. The van der Waals surface area contributed by atoms with Gasteiger partial charge < -0.3 is 15.5 Å². The van der Waals surface area contributed by atoms with Crippen LogP contribution in [0.1, 0.15) is 45.1 Å². The zero-order valence-corrected chi connectivity index (χ0v) is 17.0. The Kier molecular flexibility index (Phi) is 8.68. The van der Waals surface area contributed by atoms with Gasteiger partial charge in [-0.3, -0.25) is 4.90 Å². The normalized spacial score (nSPS) is 18.6. The topological polar surface area (TPSA) is 55.8 Å². The van der Waals surface area contributed by atoms with E-state index >= 15 is 0 Å². The van der Waals surface area contributed by atoms with Gasteiger partial charge in [0.15, 0.2) is 5.96 Å². The van der Waals surface area contributed by atoms with Gasteiger partial charge in [0.05, 0.1) is 6.54 Å². The number of pyridine rings is 1. The van der Waals surface area contributed by atoms with Gasteiger partial charge in [0.25, 0.3) is 0 Å². The first-order chi connectivity index (χ1) is 12.6. The van der Waals surface area contributed by atoms with E-state index in [4.69, 9.17) is 4.99 Å². The molecule has 146 valence electrons. The highest BCUT2D eigenvalue weighted by Crippen LogP contribution is 2.18. The maximum Gasteiger partial charge on any atom is 0.191 e. The Balaban J connectivity index is 1.87. The molecule has 6 nitrogen and oxygen atoms in total. The minimum absolute atomic E-state index is 0.653. The van der Waals surface area contributed by atoms with Crippen LogP contribution in [0.15, 0.2) is 23.3 Å². The van der Waals surface area contributed by atoms with E-state index in [2.05, 4.69) is 40.4 Å². The second-order valence-electron chi connectivity index (χ2n) is 7.13. The van der Waals surface area contributed by atoms with Gasteiger partial charge in [-0.25, -0.2) is 9.98 Å². The smallest absolute Gasteiger partial charge is 0.191 e. The van der Waals surface area contributed by atoms with Crippen LogP contribution < -0.4 is 15.5 Å². The molecule has 1 aliphatic rings. The van der Waals surface area contributed by atoms with Crippen LogP contribution in [0.25, 0.3) is 0 Å². The van der Waals surface area contributed by atoms with Crippen LogP contribution in [-0.4, -0.2) is 62.2 Å². The molecule has 0 amide bonds. The van der Waals surface area contributed by atoms with E-state index in [-0.39, 0.29) is 0 Å². The minimum Gasteiger partial charge on any atom is -0.363 e. The van der Waals surface area contributed by atoms with Crippen molar-refractivity contribution in [1.82, 2.24) is 20.5 Å². The summed E-state index contributed by atoms with van der Waals surface area (Å²) in [6.07, 6.45) is 7.17. The first-order valence-electron chi connectivity index (χ1n) is 10.0. The number of hydrogen-bond donors (Lipinski definition) is 2. The Morgan fingerprint density at radius 2 is 2.15 bits per heavy atom. The van der Waals surface area contributed by atoms with Gasteiger partial charge in [-0.15, -0.1) is 0 Å². The molecule has 0 aromatic carbocycles. The highest BCUT2D eigenvalue weighted by atomic mass is 15.2. The molecule has 2 N–H and O–H groups in total. The van der Waals surface area contributed by atoms with Crippen LogP contribution in [0.2, 0.25) is 0 Å². The molecule has 26 heavy (non-hydrogen) atoms. The largest absolute Gasteiger partial charge is 0.363 e. The Hall–Kier alpha value is -1.82. The summed E-state index contributed by atoms with van der Waals surface area (Å²) in [6.45, 7) is 9.18. The van der Waals surface area contributed by atoms with Crippen molar-refractivity contribution < 1.29 is 0 Å². The molecule has 0 bridgehead atoms. The molecule has 2 heterocycles. The summed E-state index contributed by atoms with van der Waals surface area (Å²) in [5.74, 6) is 1.85. The molecule has 1 unspecified atom stereocenters. The third kappa shape index (κ3) is 6.48. The highest BCUT2D eigenvalue weighted by Gasteiger charge is 2.19. The Morgan fingerprint density at radius 1 is 1.31 bits per heavy atom. The van der Waals surface area contributed by atoms with E-state index in [1.807, 2.05) is 31.3 Å². The fourth-order valence-electron chi connectivity index (χ4n) is 3.45. The van der Waals surface area contributed by atoms with Crippen molar-refractivity contribution in [2.75, 3.05) is 45.2 Å². The average Bonchev–Trinajstić information content (AvgIpc) is 2.66. The summed E-state index contributed by atoms with van der Waals surface area (Å²) in [5.41, 5.74) is 1.17. The molecule has 6 heteroatoms. The Bertz CT molecular complexity index is 557. The Labute approximate surface area is 159 Å². The van der Waals surface area contributed by atoms with Crippen LogP contribution in [0.3, 0.4) is 0 Å². The first kappa shape index (κ1) is 20.5. The van der Waals surface area contributed by atoms with Gasteiger partial charge in [-0.1, -0.05) is 13.3 Å². The van der Waals surface area contributed by atoms with E-state index < -0.39 is 0 Å². The van der Waals surface area contributed by atoms with Gasteiger partial charge in [0, 0.05) is 46.0 Å². The van der Waals surface area contributed by atoms with E-state index in [0.717, 1.165) is 37.5 Å². The number of aromatic nitrogens is 1. The number of nitrogens with one attached hydrogen (secondary N) is 2. The van der Waals surface area contributed by atoms with Crippen molar-refractivity contribution in [3.63, 3.8) is 0 Å². The number of likely N-dealkylation sites (tertiary alicyclic amines) is 1. The van der Waals surface area contributed by atoms with E-state index in [1.54, 1.807) is 0 Å². The number of guanidine groups is 1. The molecule has 0 saturated carbocycles. The molecule has 0 aliphatic carbocycles. The molecular formula is C20H36N6. The van der Waals surface area contributed by atoms with Crippen LogP contribution in [-0.2, 0) is 6.54 Å². The molecular weight excluding hydrogens is 324 g/mol. The van der Waals surface area contributed by atoms with Gasteiger partial charge in [-0.05, 0) is 50.4 Å². The standard InChI is InChI=1S/C20H36N6/c1-5-18-9-7-8-13-26(18)14-12-23-20(21-6-2)24-16-17-10-11-22-19(15-17)25(3)4/h10-11,15,18H,5-9,12-14,16H2,1-4H3,(H2,21,23,24). The Morgan fingerprint density at radius 3 is 2.88 bits per heavy atom. The molecule has 0 spiro atoms. The van der Waals surface area contributed by atoms with Crippen molar-refractivity contribution in [2.45, 2.75) is 52.1 Å². The third-order valence-electron chi connectivity index (χ3n) is 4.94. The van der Waals surface area contributed by atoms with Gasteiger partial charge >= 0.3 is 0 Å². The van der Waals surface area contributed by atoms with Gasteiger partial charge in [-0.2, -0.15) is 0 Å². The van der Waals surface area contributed by atoms with Gasteiger partial charge in [0.1, 0.15) is 5.82 Å². The second-order valence-corrected chi connectivity index (χ2v) is 7.13. The molecule has 0 radical (unpaired) electrons. The molecule has 1 aromatic rings. The summed E-state index contributed by atoms with van der Waals surface area (Å²) < 4.78 is 0. The van der Waals surface area contributed by atoms with Crippen LogP contribution in [0, 0.1) is 0 Å². The maximum absolute atomic E-state index is 4.74. The predicted molar refractivity (Wildman–Crippen MR) is 111 cm³/mol. The summed E-state index contributed by atoms with van der Waals surface area (Å²) in [6, 6.07) is 4.87. The van der Waals surface area contributed by atoms with Crippen LogP contribution in [0.5, 0.6) is 0 Å².